The maximum atomic E-state index is 10.2. The Morgan fingerprint density at radius 1 is 1.90 bits per heavy atom. The molecule has 0 bridgehead atoms. The van der Waals surface area contributed by atoms with E-state index in [9.17, 15) is 4.79 Å². The summed E-state index contributed by atoms with van der Waals surface area (Å²) in [5.41, 5.74) is 5.21. The number of hydrogen-bond acceptors (Lipinski definition) is 4. The summed E-state index contributed by atoms with van der Waals surface area (Å²) in [6, 6.07) is 0. The molecule has 3 N–H and O–H groups in total. The number of carboxylic acids is 1. The van der Waals surface area contributed by atoms with Gasteiger partial charge in [-0.3, -0.25) is 9.79 Å². The van der Waals surface area contributed by atoms with Crippen LogP contribution in [0.4, 0.5) is 0 Å². The average molecular weight is 227 g/mol. The number of halogens is 1. The van der Waals surface area contributed by atoms with Crippen molar-refractivity contribution in [3.8, 4) is 0 Å². The van der Waals surface area contributed by atoms with Crippen molar-refractivity contribution >= 4 is 39.9 Å². The van der Waals surface area contributed by atoms with Gasteiger partial charge in [-0.15, -0.1) is 17.0 Å². The van der Waals surface area contributed by atoms with Crippen LogP contribution in [0.25, 0.3) is 0 Å². The summed E-state index contributed by atoms with van der Waals surface area (Å²) in [5, 5.41) is 8.30. The molecule has 58 valence electrons. The van der Waals surface area contributed by atoms with Crippen molar-refractivity contribution < 1.29 is 9.90 Å². The molecule has 1 aliphatic rings. The van der Waals surface area contributed by atoms with Crippen molar-refractivity contribution in [2.45, 2.75) is 5.25 Å². The topological polar surface area (TPSA) is 75.7 Å². The van der Waals surface area contributed by atoms with Crippen molar-refractivity contribution in [3.05, 3.63) is 0 Å². The highest BCUT2D eigenvalue weighted by atomic mass is 79.9. The van der Waals surface area contributed by atoms with Crippen molar-refractivity contribution in [3.63, 3.8) is 0 Å². The molecule has 10 heavy (non-hydrogen) atoms. The Kier molecular flexibility index (Phi) is 3.73. The molecule has 1 atom stereocenters. The molecule has 1 unspecified atom stereocenters. The van der Waals surface area contributed by atoms with E-state index in [0.717, 1.165) is 11.8 Å². The van der Waals surface area contributed by atoms with Gasteiger partial charge >= 0.3 is 5.97 Å². The van der Waals surface area contributed by atoms with Crippen LogP contribution >= 0.6 is 28.7 Å². The van der Waals surface area contributed by atoms with Crippen molar-refractivity contribution in [1.82, 2.24) is 0 Å². The Labute approximate surface area is 72.7 Å². The van der Waals surface area contributed by atoms with E-state index in [1.165, 1.54) is 0 Å². The molecule has 1 aliphatic heterocycles. The molecule has 0 aromatic carbocycles. The summed E-state index contributed by atoms with van der Waals surface area (Å²) in [4.78, 5) is 13.9. The molecule has 0 spiro atoms. The first-order valence-electron chi connectivity index (χ1n) is 2.39. The zero-order valence-electron chi connectivity index (χ0n) is 4.98. The molecule has 1 heterocycles. The van der Waals surface area contributed by atoms with E-state index < -0.39 is 11.2 Å². The number of aliphatic imine (C=N–C) groups is 1. The van der Waals surface area contributed by atoms with E-state index in [1.54, 1.807) is 0 Å². The predicted molar refractivity (Wildman–Crippen MR) is 45.8 cm³/mol. The second-order valence-electron chi connectivity index (χ2n) is 1.62. The molecule has 0 amide bonds. The zero-order valence-corrected chi connectivity index (χ0v) is 7.51. The normalized spacial score (nSPS) is 23.2. The predicted octanol–water partition coefficient (Wildman–Crippen LogP) is 0.0790. The van der Waals surface area contributed by atoms with Crippen molar-refractivity contribution in [1.29, 1.82) is 0 Å². The second kappa shape index (κ2) is 3.82. The highest BCUT2D eigenvalue weighted by Gasteiger charge is 2.23. The zero-order chi connectivity index (χ0) is 6.85. The Bertz CT molecular complexity index is 173. The van der Waals surface area contributed by atoms with E-state index in [2.05, 4.69) is 4.99 Å². The van der Waals surface area contributed by atoms with Gasteiger partial charge in [-0.2, -0.15) is 0 Å². The van der Waals surface area contributed by atoms with Crippen LogP contribution in [0.2, 0.25) is 0 Å². The molecular weight excluding hydrogens is 220 g/mol. The van der Waals surface area contributed by atoms with Crippen LogP contribution in [-0.2, 0) is 4.79 Å². The van der Waals surface area contributed by atoms with Crippen LogP contribution in [-0.4, -0.2) is 28.0 Å². The van der Waals surface area contributed by atoms with E-state index >= 15 is 0 Å². The van der Waals surface area contributed by atoms with Crippen LogP contribution < -0.4 is 5.73 Å². The fraction of sp³-hybridized carbons (Fsp3) is 0.500. The molecule has 0 saturated heterocycles. The minimum Gasteiger partial charge on any atom is -0.480 e. The van der Waals surface area contributed by atoms with Gasteiger partial charge in [0.15, 0.2) is 5.17 Å². The molecule has 0 radical (unpaired) electrons. The molecular formula is C4H7BrN2O2S. The standard InChI is InChI=1S/C4H6N2O2S.BrH/c5-4-6-1-2(9-4)3(7)8;/h2H,1H2,(H2,5,6)(H,7,8);1H. The van der Waals surface area contributed by atoms with Crippen LogP contribution in [0.1, 0.15) is 0 Å². The van der Waals surface area contributed by atoms with Crippen molar-refractivity contribution in [2.24, 2.45) is 10.7 Å². The fourth-order valence-electron chi connectivity index (χ4n) is 0.522. The summed E-state index contributed by atoms with van der Waals surface area (Å²) in [5.74, 6) is -0.843. The summed E-state index contributed by atoms with van der Waals surface area (Å²) < 4.78 is 0. The van der Waals surface area contributed by atoms with E-state index in [0.29, 0.717) is 11.7 Å². The Morgan fingerprint density at radius 3 is 2.70 bits per heavy atom. The van der Waals surface area contributed by atoms with Gasteiger partial charge in [-0.05, 0) is 0 Å². The summed E-state index contributed by atoms with van der Waals surface area (Å²) in [6.07, 6.45) is 0. The minimum absolute atomic E-state index is 0. The van der Waals surface area contributed by atoms with Gasteiger partial charge in [-0.25, -0.2) is 0 Å². The first-order chi connectivity index (χ1) is 4.20. The molecule has 4 nitrogen and oxygen atoms in total. The number of nitrogens with zero attached hydrogens (tertiary/aromatic N) is 1. The largest absolute Gasteiger partial charge is 0.480 e. The molecule has 1 rings (SSSR count). The lowest BCUT2D eigenvalue weighted by atomic mass is 10.4. The van der Waals surface area contributed by atoms with Gasteiger partial charge in [0.05, 0.1) is 6.54 Å². The van der Waals surface area contributed by atoms with E-state index in [1.807, 2.05) is 0 Å². The van der Waals surface area contributed by atoms with E-state index in [4.69, 9.17) is 10.8 Å². The van der Waals surface area contributed by atoms with Crippen LogP contribution in [0.3, 0.4) is 0 Å². The molecule has 0 aromatic rings. The Morgan fingerprint density at radius 2 is 2.50 bits per heavy atom. The molecule has 0 fully saturated rings. The quantitative estimate of drug-likeness (QED) is 0.665. The van der Waals surface area contributed by atoms with E-state index in [-0.39, 0.29) is 17.0 Å². The van der Waals surface area contributed by atoms with Gasteiger partial charge in [0.2, 0.25) is 0 Å². The lowest BCUT2D eigenvalue weighted by Crippen LogP contribution is -2.17. The minimum atomic E-state index is -0.843. The fourth-order valence-corrected chi connectivity index (χ4v) is 1.21. The first kappa shape index (κ1) is 9.77. The lowest BCUT2D eigenvalue weighted by Gasteiger charge is -1.96. The molecule has 0 aliphatic carbocycles. The van der Waals surface area contributed by atoms with Crippen LogP contribution in [0, 0.1) is 0 Å². The molecule has 6 heteroatoms. The van der Waals surface area contributed by atoms with Crippen LogP contribution in [0.15, 0.2) is 4.99 Å². The maximum absolute atomic E-state index is 10.2. The van der Waals surface area contributed by atoms with Gasteiger partial charge < -0.3 is 10.8 Å². The number of rotatable bonds is 1. The van der Waals surface area contributed by atoms with Gasteiger partial charge in [-0.1, -0.05) is 11.8 Å². The van der Waals surface area contributed by atoms with Gasteiger partial charge in [0.1, 0.15) is 5.25 Å². The highest BCUT2D eigenvalue weighted by Crippen LogP contribution is 2.17. The van der Waals surface area contributed by atoms with Gasteiger partial charge in [0, 0.05) is 0 Å². The van der Waals surface area contributed by atoms with Crippen molar-refractivity contribution in [2.75, 3.05) is 6.54 Å². The van der Waals surface area contributed by atoms with Gasteiger partial charge in [0.25, 0.3) is 0 Å². The van der Waals surface area contributed by atoms with Crippen LogP contribution in [0.5, 0.6) is 0 Å². The Balaban J connectivity index is 0.000000810. The Hall–Kier alpha value is -0.230. The number of hydrogen-bond donors (Lipinski definition) is 2. The molecule has 0 saturated carbocycles. The number of thioether (sulfide) groups is 1. The SMILES string of the molecule is Br.NC1=NCC(C(=O)O)S1. The first-order valence-corrected chi connectivity index (χ1v) is 3.27. The summed E-state index contributed by atoms with van der Waals surface area (Å²) in [6.45, 7) is 0.311. The third-order valence-corrected chi connectivity index (χ3v) is 1.96. The number of carboxylic acid groups (broad SMARTS) is 1. The molecule has 0 aromatic heterocycles. The third kappa shape index (κ3) is 2.18. The highest BCUT2D eigenvalue weighted by molar-refractivity contribution is 8.93. The number of carbonyl (C=O) groups is 1. The maximum Gasteiger partial charge on any atom is 0.319 e. The number of amidine groups is 1. The third-order valence-electron chi connectivity index (χ3n) is 0.951. The average Bonchev–Trinajstić information content (AvgIpc) is 2.14. The smallest absolute Gasteiger partial charge is 0.319 e. The monoisotopic (exact) mass is 226 g/mol. The number of nitrogens with two attached hydrogens (primary N) is 1. The second-order valence-corrected chi connectivity index (χ2v) is 2.85. The number of aliphatic carboxylic acids is 1. The summed E-state index contributed by atoms with van der Waals surface area (Å²) >= 11 is 1.10. The lowest BCUT2D eigenvalue weighted by molar-refractivity contribution is -0.136. The summed E-state index contributed by atoms with van der Waals surface area (Å²) in [7, 11) is 0.